The van der Waals surface area contributed by atoms with Gasteiger partial charge in [-0.3, -0.25) is 4.79 Å². The van der Waals surface area contributed by atoms with Crippen molar-refractivity contribution in [1.82, 2.24) is 0 Å². The van der Waals surface area contributed by atoms with E-state index in [9.17, 15) is 4.79 Å². The van der Waals surface area contributed by atoms with Crippen LogP contribution in [0.3, 0.4) is 0 Å². The highest BCUT2D eigenvalue weighted by atomic mass is 16.3. The molecular formula is C6H6O2. The summed E-state index contributed by atoms with van der Waals surface area (Å²) in [5.74, 6) is 0.0197. The number of ketones is 1. The second-order valence-corrected chi connectivity index (χ2v) is 1.64. The van der Waals surface area contributed by atoms with Crippen molar-refractivity contribution in [3.8, 4) is 0 Å². The Morgan fingerprint density at radius 3 is 2.75 bits per heavy atom. The normalized spacial score (nSPS) is 18.5. The van der Waals surface area contributed by atoms with Crippen LogP contribution in [-0.2, 0) is 4.79 Å². The molecule has 8 heavy (non-hydrogen) atoms. The molecule has 2 nitrogen and oxygen atoms in total. The van der Waals surface area contributed by atoms with Gasteiger partial charge in [0, 0.05) is 12.5 Å². The molecule has 0 aromatic rings. The van der Waals surface area contributed by atoms with E-state index in [0.29, 0.717) is 6.42 Å². The van der Waals surface area contributed by atoms with E-state index in [-0.39, 0.29) is 11.5 Å². The number of aliphatic hydroxyl groups excluding tert-OH is 1. The summed E-state index contributed by atoms with van der Waals surface area (Å²) >= 11 is 0. The highest BCUT2D eigenvalue weighted by Crippen LogP contribution is 2.03. The summed E-state index contributed by atoms with van der Waals surface area (Å²) in [6.07, 6.45) is 4.79. The number of carbonyl (C=O) groups is 1. The summed E-state index contributed by atoms with van der Waals surface area (Å²) < 4.78 is 0. The average Bonchev–Trinajstić information content (AvgIpc) is 1.64. The van der Waals surface area contributed by atoms with Crippen LogP contribution < -0.4 is 0 Å². The maximum atomic E-state index is 10.4. The summed E-state index contributed by atoms with van der Waals surface area (Å²) in [4.78, 5) is 10.4. The smallest absolute Gasteiger partial charge is 0.181 e. The minimum atomic E-state index is -0.131. The molecule has 0 aromatic carbocycles. The molecule has 0 heterocycles. The highest BCUT2D eigenvalue weighted by molar-refractivity contribution is 6.00. The van der Waals surface area contributed by atoms with Gasteiger partial charge < -0.3 is 5.11 Å². The van der Waals surface area contributed by atoms with Gasteiger partial charge in [0.25, 0.3) is 0 Å². The number of aliphatic hydroxyl groups is 1. The molecule has 0 radical (unpaired) electrons. The minimum absolute atomic E-state index is 0.131. The van der Waals surface area contributed by atoms with Crippen LogP contribution in [0, 0.1) is 0 Å². The van der Waals surface area contributed by atoms with Crippen LogP contribution in [0.25, 0.3) is 0 Å². The SMILES string of the molecule is O=C1C=CCC(O)=C1. The maximum absolute atomic E-state index is 10.4. The monoisotopic (exact) mass is 110 g/mol. The van der Waals surface area contributed by atoms with Crippen molar-refractivity contribution in [3.05, 3.63) is 24.0 Å². The van der Waals surface area contributed by atoms with E-state index in [1.807, 2.05) is 0 Å². The van der Waals surface area contributed by atoms with E-state index in [0.717, 1.165) is 0 Å². The topological polar surface area (TPSA) is 37.3 Å². The number of allylic oxidation sites excluding steroid dienone is 3. The first kappa shape index (κ1) is 5.09. The van der Waals surface area contributed by atoms with Gasteiger partial charge in [-0.05, 0) is 6.08 Å². The summed E-state index contributed by atoms with van der Waals surface area (Å²) in [5.41, 5.74) is 0. The Hall–Kier alpha value is -1.05. The molecule has 1 N–H and O–H groups in total. The predicted molar refractivity (Wildman–Crippen MR) is 29.5 cm³/mol. The fraction of sp³-hybridized carbons (Fsp3) is 0.167. The molecule has 0 fully saturated rings. The van der Waals surface area contributed by atoms with E-state index in [1.54, 1.807) is 6.08 Å². The van der Waals surface area contributed by atoms with Gasteiger partial charge in [0.1, 0.15) is 0 Å². The van der Waals surface area contributed by atoms with E-state index in [4.69, 9.17) is 5.11 Å². The molecular weight excluding hydrogens is 104 g/mol. The third-order valence-electron chi connectivity index (χ3n) is 0.918. The molecule has 1 aliphatic rings. The maximum Gasteiger partial charge on any atom is 0.181 e. The molecule has 0 saturated heterocycles. The molecule has 42 valence electrons. The summed E-state index contributed by atoms with van der Waals surface area (Å²) in [6, 6.07) is 0. The zero-order valence-electron chi connectivity index (χ0n) is 4.29. The third-order valence-corrected chi connectivity index (χ3v) is 0.918. The zero-order valence-corrected chi connectivity index (χ0v) is 4.29. The van der Waals surface area contributed by atoms with Crippen molar-refractivity contribution in [2.75, 3.05) is 0 Å². The van der Waals surface area contributed by atoms with E-state index in [1.165, 1.54) is 12.2 Å². The van der Waals surface area contributed by atoms with Crippen LogP contribution in [0.4, 0.5) is 0 Å². The summed E-state index contributed by atoms with van der Waals surface area (Å²) in [7, 11) is 0. The Bertz CT molecular complexity index is 165. The lowest BCUT2D eigenvalue weighted by atomic mass is 10.2. The fourth-order valence-electron chi connectivity index (χ4n) is 0.567. The molecule has 0 atom stereocenters. The van der Waals surface area contributed by atoms with Crippen LogP contribution in [0.1, 0.15) is 6.42 Å². The molecule has 0 aliphatic heterocycles. The van der Waals surface area contributed by atoms with Gasteiger partial charge >= 0.3 is 0 Å². The van der Waals surface area contributed by atoms with Crippen molar-refractivity contribution in [3.63, 3.8) is 0 Å². The van der Waals surface area contributed by atoms with Crippen molar-refractivity contribution in [2.45, 2.75) is 6.42 Å². The lowest BCUT2D eigenvalue weighted by molar-refractivity contribution is -0.110. The van der Waals surface area contributed by atoms with Crippen LogP contribution in [-0.4, -0.2) is 10.9 Å². The van der Waals surface area contributed by atoms with Gasteiger partial charge in [0.2, 0.25) is 0 Å². The minimum Gasteiger partial charge on any atom is -0.512 e. The number of rotatable bonds is 0. The quantitative estimate of drug-likeness (QED) is 0.504. The Morgan fingerprint density at radius 1 is 1.62 bits per heavy atom. The number of carbonyl (C=O) groups excluding carboxylic acids is 1. The van der Waals surface area contributed by atoms with Crippen molar-refractivity contribution in [1.29, 1.82) is 0 Å². The van der Waals surface area contributed by atoms with E-state index < -0.39 is 0 Å². The van der Waals surface area contributed by atoms with Gasteiger partial charge in [-0.25, -0.2) is 0 Å². The second kappa shape index (κ2) is 1.82. The molecule has 1 aliphatic carbocycles. The van der Waals surface area contributed by atoms with Crippen LogP contribution >= 0.6 is 0 Å². The molecule has 1 rings (SSSR count). The first-order valence-corrected chi connectivity index (χ1v) is 2.39. The van der Waals surface area contributed by atoms with Crippen molar-refractivity contribution < 1.29 is 9.90 Å². The fourth-order valence-corrected chi connectivity index (χ4v) is 0.567. The Balaban J connectivity index is 2.74. The number of hydrogen-bond acceptors (Lipinski definition) is 2. The second-order valence-electron chi connectivity index (χ2n) is 1.64. The van der Waals surface area contributed by atoms with E-state index >= 15 is 0 Å². The average molecular weight is 110 g/mol. The standard InChI is InChI=1S/C6H6O2/c7-5-2-1-3-6(8)4-5/h1-2,4,8H,3H2. The molecule has 0 bridgehead atoms. The zero-order chi connectivity index (χ0) is 5.98. The molecule has 0 amide bonds. The van der Waals surface area contributed by atoms with Gasteiger partial charge in [0.15, 0.2) is 5.78 Å². The first-order chi connectivity index (χ1) is 3.79. The van der Waals surface area contributed by atoms with Crippen LogP contribution in [0.2, 0.25) is 0 Å². The lowest BCUT2D eigenvalue weighted by Crippen LogP contribution is -1.94. The van der Waals surface area contributed by atoms with Crippen molar-refractivity contribution >= 4 is 5.78 Å². The largest absolute Gasteiger partial charge is 0.512 e. The molecule has 0 unspecified atom stereocenters. The molecule has 0 spiro atoms. The first-order valence-electron chi connectivity index (χ1n) is 2.39. The van der Waals surface area contributed by atoms with Crippen LogP contribution in [0.5, 0.6) is 0 Å². The molecule has 0 saturated carbocycles. The highest BCUT2D eigenvalue weighted by Gasteiger charge is 1.99. The number of hydrogen-bond donors (Lipinski definition) is 1. The van der Waals surface area contributed by atoms with E-state index in [2.05, 4.69) is 0 Å². The van der Waals surface area contributed by atoms with Gasteiger partial charge in [0.05, 0.1) is 5.76 Å². The van der Waals surface area contributed by atoms with Gasteiger partial charge in [-0.15, -0.1) is 0 Å². The Morgan fingerprint density at radius 2 is 2.38 bits per heavy atom. The summed E-state index contributed by atoms with van der Waals surface area (Å²) in [5, 5.41) is 8.67. The van der Waals surface area contributed by atoms with Crippen molar-refractivity contribution in [2.24, 2.45) is 0 Å². The predicted octanol–water partition coefficient (Wildman–Crippen LogP) is 0.957. The summed E-state index contributed by atoms with van der Waals surface area (Å²) in [6.45, 7) is 0. The van der Waals surface area contributed by atoms with Gasteiger partial charge in [-0.2, -0.15) is 0 Å². The van der Waals surface area contributed by atoms with Gasteiger partial charge in [-0.1, -0.05) is 6.08 Å². The molecule has 2 heteroatoms. The third kappa shape index (κ3) is 0.964. The Kier molecular flexibility index (Phi) is 1.16. The Labute approximate surface area is 47.1 Å². The lowest BCUT2D eigenvalue weighted by Gasteiger charge is -1.96. The molecule has 0 aromatic heterocycles. The van der Waals surface area contributed by atoms with Crippen LogP contribution in [0.15, 0.2) is 24.0 Å².